The summed E-state index contributed by atoms with van der Waals surface area (Å²) in [6.07, 6.45) is 15.8. The number of ether oxygens (including phenoxy) is 1. The molecule has 0 aliphatic rings. The van der Waals surface area contributed by atoms with E-state index < -0.39 is 10.4 Å². The molecule has 0 atom stereocenters. The molecule has 140 valence electrons. The third kappa shape index (κ3) is 25.7. The molecule has 0 heterocycles. The Morgan fingerprint density at radius 1 is 0.667 bits per heavy atom. The van der Waals surface area contributed by atoms with E-state index in [0.29, 0.717) is 19.4 Å². The standard InChI is InChI=1S/C17H36O5S.K/c1-2-3-4-5-6-7-8-9-10-11-12-15-21-16-13-14-17-22-23(18,19)20;/h2-17H2,1H3,(H,18,19,20);/q;+1/p-1. The molecule has 24 heavy (non-hydrogen) atoms. The Morgan fingerprint density at radius 3 is 1.50 bits per heavy atom. The van der Waals surface area contributed by atoms with Gasteiger partial charge in [-0.05, 0) is 19.3 Å². The van der Waals surface area contributed by atoms with Crippen LogP contribution in [0.4, 0.5) is 0 Å². The maximum Gasteiger partial charge on any atom is 1.00 e. The van der Waals surface area contributed by atoms with Crippen LogP contribution in [0.25, 0.3) is 0 Å². The van der Waals surface area contributed by atoms with Crippen molar-refractivity contribution in [3.05, 3.63) is 0 Å². The van der Waals surface area contributed by atoms with Crippen molar-refractivity contribution in [1.29, 1.82) is 0 Å². The number of hydrogen-bond donors (Lipinski definition) is 0. The van der Waals surface area contributed by atoms with Gasteiger partial charge in [-0.1, -0.05) is 71.1 Å². The Bertz CT molecular complexity index is 336. The van der Waals surface area contributed by atoms with Crippen molar-refractivity contribution in [2.24, 2.45) is 0 Å². The number of unbranched alkanes of at least 4 members (excludes halogenated alkanes) is 11. The van der Waals surface area contributed by atoms with Crippen LogP contribution >= 0.6 is 0 Å². The summed E-state index contributed by atoms with van der Waals surface area (Å²) >= 11 is 0. The molecular formula is C17H35KO5S. The van der Waals surface area contributed by atoms with E-state index in [0.717, 1.165) is 13.0 Å². The smallest absolute Gasteiger partial charge is 0.726 e. The van der Waals surface area contributed by atoms with E-state index in [1.54, 1.807) is 0 Å². The van der Waals surface area contributed by atoms with E-state index in [4.69, 9.17) is 4.74 Å². The van der Waals surface area contributed by atoms with Crippen LogP contribution in [-0.4, -0.2) is 32.8 Å². The Kier molecular flexibility index (Phi) is 24.0. The molecule has 0 saturated carbocycles. The van der Waals surface area contributed by atoms with Crippen molar-refractivity contribution in [2.75, 3.05) is 19.8 Å². The van der Waals surface area contributed by atoms with Crippen molar-refractivity contribution in [3.8, 4) is 0 Å². The van der Waals surface area contributed by atoms with E-state index in [1.807, 2.05) is 0 Å². The molecule has 7 heteroatoms. The van der Waals surface area contributed by atoms with Gasteiger partial charge in [-0.15, -0.1) is 0 Å². The molecule has 0 amide bonds. The van der Waals surface area contributed by atoms with Gasteiger partial charge in [-0.25, -0.2) is 8.42 Å². The van der Waals surface area contributed by atoms with Gasteiger partial charge in [0.2, 0.25) is 10.4 Å². The molecule has 0 aromatic rings. The number of rotatable bonds is 18. The van der Waals surface area contributed by atoms with E-state index >= 15 is 0 Å². The summed E-state index contributed by atoms with van der Waals surface area (Å²) in [5.74, 6) is 0. The first-order valence-electron chi connectivity index (χ1n) is 9.24. The van der Waals surface area contributed by atoms with Crippen LogP contribution in [-0.2, 0) is 19.3 Å². The topological polar surface area (TPSA) is 75.7 Å². The fourth-order valence-corrected chi connectivity index (χ4v) is 2.76. The van der Waals surface area contributed by atoms with Crippen LogP contribution in [0.5, 0.6) is 0 Å². The first-order valence-corrected chi connectivity index (χ1v) is 10.6. The molecule has 0 bridgehead atoms. The van der Waals surface area contributed by atoms with E-state index in [-0.39, 0.29) is 58.0 Å². The second-order valence-corrected chi connectivity index (χ2v) is 7.14. The predicted molar refractivity (Wildman–Crippen MR) is 92.2 cm³/mol. The molecular weight excluding hydrogens is 355 g/mol. The molecule has 0 N–H and O–H groups in total. The van der Waals surface area contributed by atoms with Crippen molar-refractivity contribution >= 4 is 10.4 Å². The van der Waals surface area contributed by atoms with Crippen molar-refractivity contribution in [2.45, 2.75) is 90.4 Å². The SMILES string of the molecule is CCCCCCCCCCCCCOCCCCOS(=O)(=O)[O-].[K+]. The van der Waals surface area contributed by atoms with Crippen molar-refractivity contribution in [3.63, 3.8) is 0 Å². The minimum Gasteiger partial charge on any atom is -0.726 e. The average molecular weight is 391 g/mol. The predicted octanol–water partition coefficient (Wildman–Crippen LogP) is 1.58. The van der Waals surface area contributed by atoms with E-state index in [2.05, 4.69) is 11.1 Å². The summed E-state index contributed by atoms with van der Waals surface area (Å²) in [6, 6.07) is 0. The summed E-state index contributed by atoms with van der Waals surface area (Å²) in [5, 5.41) is 0. The maximum absolute atomic E-state index is 10.2. The second kappa shape index (κ2) is 20.8. The van der Waals surface area contributed by atoms with E-state index in [9.17, 15) is 13.0 Å². The Hall–Kier alpha value is 1.47. The van der Waals surface area contributed by atoms with E-state index in [1.165, 1.54) is 64.2 Å². The van der Waals surface area contributed by atoms with Gasteiger partial charge in [-0.2, -0.15) is 0 Å². The zero-order valence-electron chi connectivity index (χ0n) is 15.8. The third-order valence-corrected chi connectivity index (χ3v) is 4.26. The maximum atomic E-state index is 10.2. The monoisotopic (exact) mass is 390 g/mol. The molecule has 0 aromatic heterocycles. The quantitative estimate of drug-likeness (QED) is 0.154. The average Bonchev–Trinajstić information content (AvgIpc) is 2.49. The zero-order chi connectivity index (χ0) is 17.2. The van der Waals surface area contributed by atoms with Gasteiger partial charge in [0, 0.05) is 13.2 Å². The van der Waals surface area contributed by atoms with Crippen LogP contribution in [0.15, 0.2) is 0 Å². The van der Waals surface area contributed by atoms with Gasteiger partial charge in [0.15, 0.2) is 0 Å². The van der Waals surface area contributed by atoms with Gasteiger partial charge < -0.3 is 9.29 Å². The normalized spacial score (nSPS) is 11.4. The second-order valence-electron chi connectivity index (χ2n) is 6.09. The number of hydrogen-bond acceptors (Lipinski definition) is 5. The largest absolute Gasteiger partial charge is 1.00 e. The molecule has 0 saturated heterocycles. The van der Waals surface area contributed by atoms with Gasteiger partial charge in [0.25, 0.3) is 0 Å². The minimum atomic E-state index is -4.54. The molecule has 0 radical (unpaired) electrons. The van der Waals surface area contributed by atoms with Crippen LogP contribution in [0.1, 0.15) is 90.4 Å². The van der Waals surface area contributed by atoms with Gasteiger partial charge >= 0.3 is 51.4 Å². The molecule has 0 aromatic carbocycles. The van der Waals surface area contributed by atoms with Gasteiger partial charge in [-0.3, -0.25) is 4.18 Å². The van der Waals surface area contributed by atoms with Gasteiger partial charge in [0.1, 0.15) is 0 Å². The molecule has 0 aliphatic carbocycles. The molecule has 5 nitrogen and oxygen atoms in total. The molecule has 0 aliphatic heterocycles. The molecule has 0 fully saturated rings. The third-order valence-electron chi connectivity index (χ3n) is 3.80. The van der Waals surface area contributed by atoms with Crippen LogP contribution in [0.3, 0.4) is 0 Å². The summed E-state index contributed by atoms with van der Waals surface area (Å²) in [5.41, 5.74) is 0. The summed E-state index contributed by atoms with van der Waals surface area (Å²) < 4.78 is 40.1. The van der Waals surface area contributed by atoms with Crippen LogP contribution in [0.2, 0.25) is 0 Å². The molecule has 0 unspecified atom stereocenters. The summed E-state index contributed by atoms with van der Waals surface area (Å²) in [7, 11) is -4.54. The van der Waals surface area contributed by atoms with Crippen molar-refractivity contribution < 1.29 is 73.3 Å². The Morgan fingerprint density at radius 2 is 1.04 bits per heavy atom. The Balaban J connectivity index is 0. The first kappa shape index (κ1) is 27.7. The van der Waals surface area contributed by atoms with Gasteiger partial charge in [0.05, 0.1) is 6.61 Å². The minimum absolute atomic E-state index is 0. The zero-order valence-corrected chi connectivity index (χ0v) is 19.7. The van der Waals surface area contributed by atoms with Crippen LogP contribution in [0, 0.1) is 0 Å². The Labute approximate surface area is 192 Å². The molecule has 0 spiro atoms. The molecule has 0 rings (SSSR count). The summed E-state index contributed by atoms with van der Waals surface area (Å²) in [6.45, 7) is 3.56. The van der Waals surface area contributed by atoms with Crippen molar-refractivity contribution in [1.82, 2.24) is 0 Å². The first-order chi connectivity index (χ1) is 11.1. The summed E-state index contributed by atoms with van der Waals surface area (Å²) in [4.78, 5) is 0. The van der Waals surface area contributed by atoms with Crippen LogP contribution < -0.4 is 51.4 Å². The fourth-order valence-electron chi connectivity index (χ4n) is 2.44. The fraction of sp³-hybridized carbons (Fsp3) is 1.00.